The molecule has 0 bridgehead atoms. The summed E-state index contributed by atoms with van der Waals surface area (Å²) in [6, 6.07) is 5.66. The van der Waals surface area contributed by atoms with Crippen LogP contribution in [0, 0.1) is 11.8 Å². The first kappa shape index (κ1) is 53.8. The van der Waals surface area contributed by atoms with Crippen LogP contribution in [0.1, 0.15) is 114 Å². The van der Waals surface area contributed by atoms with Crippen molar-refractivity contribution in [3.63, 3.8) is 0 Å². The van der Waals surface area contributed by atoms with Crippen molar-refractivity contribution in [2.24, 2.45) is 11.8 Å². The highest BCUT2D eigenvalue weighted by molar-refractivity contribution is 5.93. The van der Waals surface area contributed by atoms with Crippen molar-refractivity contribution in [1.29, 1.82) is 0 Å². The lowest BCUT2D eigenvalue weighted by atomic mass is 9.82. The number of carbonyl (C=O) groups excluding carboxylic acids is 6. The average Bonchev–Trinajstić information content (AvgIpc) is 3.88. The minimum Gasteiger partial charge on any atom is -0.379 e. The second kappa shape index (κ2) is 24.6. The summed E-state index contributed by atoms with van der Waals surface area (Å²) >= 11 is 0. The van der Waals surface area contributed by atoms with Gasteiger partial charge in [0, 0.05) is 87.8 Å². The number of likely N-dealkylation sites (tertiary alicyclic amines) is 2. The molecule has 4 heterocycles. The van der Waals surface area contributed by atoms with E-state index in [0.717, 1.165) is 24.1 Å². The zero-order chi connectivity index (χ0) is 51.5. The van der Waals surface area contributed by atoms with Gasteiger partial charge in [-0.3, -0.25) is 33.8 Å². The molecule has 0 unspecified atom stereocenters. The molecule has 72 heavy (non-hydrogen) atoms. The maximum atomic E-state index is 14.1. The molecule has 4 fully saturated rings. The number of alkyl halides is 3. The monoisotopic (exact) mass is 1010 g/mol. The van der Waals surface area contributed by atoms with Gasteiger partial charge in [0.1, 0.15) is 18.2 Å². The second-order valence-electron chi connectivity index (χ2n) is 20.0. The van der Waals surface area contributed by atoms with E-state index >= 15 is 0 Å². The Hall–Kier alpha value is -5.96. The normalized spacial score (nSPS) is 24.7. The van der Waals surface area contributed by atoms with Crippen LogP contribution >= 0.6 is 0 Å². The van der Waals surface area contributed by atoms with Crippen LogP contribution in [-0.2, 0) is 39.7 Å². The summed E-state index contributed by atoms with van der Waals surface area (Å²) in [5.41, 5.74) is 0.309. The summed E-state index contributed by atoms with van der Waals surface area (Å²) in [6.45, 7) is 5.80. The molecule has 0 spiro atoms. The summed E-state index contributed by atoms with van der Waals surface area (Å²) in [7, 11) is 3.77. The fourth-order valence-electron chi connectivity index (χ4n) is 10.7. The van der Waals surface area contributed by atoms with E-state index in [9.17, 15) is 41.9 Å². The Morgan fingerprint density at radius 1 is 0.889 bits per heavy atom. The third kappa shape index (κ3) is 13.8. The van der Waals surface area contributed by atoms with Crippen LogP contribution in [0.25, 0.3) is 10.9 Å². The first-order valence-corrected chi connectivity index (χ1v) is 25.5. The van der Waals surface area contributed by atoms with E-state index in [-0.39, 0.29) is 121 Å². The Bertz CT molecular complexity index is 2370. The van der Waals surface area contributed by atoms with E-state index in [2.05, 4.69) is 67.3 Å². The van der Waals surface area contributed by atoms with Crippen LogP contribution in [0.4, 0.5) is 19.0 Å². The molecule has 4 aliphatic rings. The van der Waals surface area contributed by atoms with E-state index in [1.807, 2.05) is 11.0 Å². The Labute approximate surface area is 418 Å². The molecule has 1 aromatic carbocycles. The zero-order valence-electron chi connectivity index (χ0n) is 41.7. The van der Waals surface area contributed by atoms with Crippen LogP contribution < -0.4 is 26.6 Å². The minimum absolute atomic E-state index is 0.0656. The van der Waals surface area contributed by atoms with E-state index in [1.165, 1.54) is 12.4 Å². The fourth-order valence-corrected chi connectivity index (χ4v) is 10.7. The number of amides is 6. The van der Waals surface area contributed by atoms with Gasteiger partial charge in [-0.15, -0.1) is 0 Å². The van der Waals surface area contributed by atoms with Gasteiger partial charge in [0.05, 0.1) is 48.3 Å². The largest absolute Gasteiger partial charge is 0.416 e. The number of aromatic nitrogens is 3. The first-order valence-electron chi connectivity index (χ1n) is 25.5. The molecule has 18 nitrogen and oxygen atoms in total. The minimum atomic E-state index is -4.55. The number of pyridine rings is 1. The van der Waals surface area contributed by atoms with Gasteiger partial charge in [-0.05, 0) is 115 Å². The van der Waals surface area contributed by atoms with E-state index in [4.69, 9.17) is 4.74 Å². The number of nitrogens with zero attached hydrogens (tertiary/aromatic N) is 6. The van der Waals surface area contributed by atoms with Gasteiger partial charge in [-0.1, -0.05) is 6.07 Å². The highest BCUT2D eigenvalue weighted by Gasteiger charge is 2.45. The van der Waals surface area contributed by atoms with E-state index in [1.54, 1.807) is 30.4 Å². The van der Waals surface area contributed by atoms with Gasteiger partial charge in [0.2, 0.25) is 35.4 Å². The lowest BCUT2D eigenvalue weighted by Crippen LogP contribution is -2.59. The first-order chi connectivity index (χ1) is 34.5. The highest BCUT2D eigenvalue weighted by Crippen LogP contribution is 2.38. The van der Waals surface area contributed by atoms with Crippen molar-refractivity contribution in [1.82, 2.24) is 50.9 Å². The topological polar surface area (TPSA) is 220 Å². The summed E-state index contributed by atoms with van der Waals surface area (Å²) in [4.78, 5) is 96.8. The molecule has 7 rings (SSSR count). The molecular formula is C51H70F3N11O7. The smallest absolute Gasteiger partial charge is 0.379 e. The van der Waals surface area contributed by atoms with Crippen molar-refractivity contribution in [3.8, 4) is 0 Å². The number of fused-ring (bicyclic) bond motifs is 1. The lowest BCUT2D eigenvalue weighted by Gasteiger charge is -2.45. The molecule has 2 aliphatic heterocycles. The number of carbonyl (C=O) groups is 6. The molecule has 5 N–H and O–H groups in total. The van der Waals surface area contributed by atoms with Crippen LogP contribution in [0.3, 0.4) is 0 Å². The Morgan fingerprint density at radius 2 is 1.68 bits per heavy atom. The van der Waals surface area contributed by atoms with Crippen molar-refractivity contribution in [3.05, 3.63) is 60.2 Å². The molecule has 2 saturated carbocycles. The molecular weight excluding hydrogens is 936 g/mol. The number of benzene rings is 1. The molecule has 6 atom stereocenters. The van der Waals surface area contributed by atoms with Gasteiger partial charge in [-0.25, -0.2) is 9.97 Å². The molecule has 6 amide bonds. The van der Waals surface area contributed by atoms with Gasteiger partial charge in [0.25, 0.3) is 0 Å². The predicted molar refractivity (Wildman–Crippen MR) is 262 cm³/mol. The number of halogens is 3. The third-order valence-corrected chi connectivity index (χ3v) is 15.0. The molecule has 0 radical (unpaired) electrons. The number of rotatable bonds is 21. The highest BCUT2D eigenvalue weighted by atomic mass is 19.4. The number of unbranched alkanes of at least 4 members (excludes halogenated alkanes) is 1. The molecule has 3 aromatic rings. The SMILES string of the molecule is CC(C)N(C)[C@@H]1CC[C@H](N2CC[C@H](Nc3ncnc4ccc(C(F)(F)F)cc34)C2=O)[C@H](NC(=O)C2CCC(NC(=O)CCOCCNC(=O)CCCCNC(=O)[C@H]3CC(=O)N(C)[C@@H]3c3cccnc3)CC2)C1. The van der Waals surface area contributed by atoms with E-state index in [0.29, 0.717) is 82.9 Å². The Morgan fingerprint density at radius 3 is 2.42 bits per heavy atom. The van der Waals surface area contributed by atoms with Crippen LogP contribution in [0.2, 0.25) is 0 Å². The molecule has 2 saturated heterocycles. The number of nitrogens with one attached hydrogen (secondary N) is 5. The molecule has 21 heteroatoms. The van der Waals surface area contributed by atoms with Crippen LogP contribution in [0.5, 0.6) is 0 Å². The number of anilines is 1. The Balaban J connectivity index is 0.783. The summed E-state index contributed by atoms with van der Waals surface area (Å²) in [5.74, 6) is -1.42. The number of hydrogen-bond acceptors (Lipinski definition) is 12. The van der Waals surface area contributed by atoms with Gasteiger partial charge in [-0.2, -0.15) is 13.2 Å². The van der Waals surface area contributed by atoms with Crippen LogP contribution in [-0.4, -0.2) is 148 Å². The van der Waals surface area contributed by atoms with Crippen molar-refractivity contribution < 1.29 is 46.7 Å². The van der Waals surface area contributed by atoms with Crippen molar-refractivity contribution in [2.45, 2.75) is 146 Å². The summed E-state index contributed by atoms with van der Waals surface area (Å²) < 4.78 is 46.4. The lowest BCUT2D eigenvalue weighted by molar-refractivity contribution is -0.137. The predicted octanol–water partition coefficient (Wildman–Crippen LogP) is 4.51. The van der Waals surface area contributed by atoms with Crippen LogP contribution in [0.15, 0.2) is 49.1 Å². The average molecular weight is 1010 g/mol. The summed E-state index contributed by atoms with van der Waals surface area (Å²) in [5, 5.41) is 15.5. The Kier molecular flexibility index (Phi) is 18.4. The quantitative estimate of drug-likeness (QED) is 0.0932. The maximum absolute atomic E-state index is 14.1. The molecule has 2 aliphatic carbocycles. The fraction of sp³-hybridized carbons (Fsp3) is 0.627. The third-order valence-electron chi connectivity index (χ3n) is 15.0. The molecule has 392 valence electrons. The number of hydrogen-bond donors (Lipinski definition) is 5. The number of ether oxygens (including phenoxy) is 1. The summed E-state index contributed by atoms with van der Waals surface area (Å²) in [6.07, 6.45) is 6.85. The van der Waals surface area contributed by atoms with Crippen molar-refractivity contribution in [2.75, 3.05) is 52.3 Å². The van der Waals surface area contributed by atoms with E-state index < -0.39 is 23.7 Å². The second-order valence-corrected chi connectivity index (χ2v) is 20.0. The zero-order valence-corrected chi connectivity index (χ0v) is 41.7. The molecule has 2 aromatic heterocycles. The van der Waals surface area contributed by atoms with Crippen molar-refractivity contribution >= 4 is 52.2 Å². The maximum Gasteiger partial charge on any atom is 0.416 e. The van der Waals surface area contributed by atoms with Gasteiger partial charge >= 0.3 is 6.18 Å². The van der Waals surface area contributed by atoms with Gasteiger partial charge in [0.15, 0.2) is 0 Å². The standard InChI is InChI=1S/C51H70F3N11O7/c1-31(2)63(3)36-15-17-42(65-23-18-40(50(65)71)61-47-37-26-34(51(52,53)54)12-16-39(37)58-30-59-47)41(27-36)62-48(69)32-10-13-35(14-11-32)60-44(67)19-24-72-25-22-56-43(66)9-5-6-21-57-49(70)38-28-45(68)64(4)46(38)33-8-7-20-55-29-33/h7-8,12,16,20,26,29-32,35-36,38,40-42,46H,5-6,9-11,13-15,17-19,21-25,27-28H2,1-4H3,(H,56,66)(H,57,70)(H,60,67)(H,62,69)(H,58,59,61)/t32?,35?,36-,38+,40+,41-,42+,46-/m1/s1. The van der Waals surface area contributed by atoms with Gasteiger partial charge < -0.3 is 46.0 Å².